The molecule has 1 aromatic carbocycles. The molecule has 5 rings (SSSR count). The average Bonchev–Trinajstić information content (AvgIpc) is 3.27. The van der Waals surface area contributed by atoms with E-state index in [1.54, 1.807) is 0 Å². The minimum atomic E-state index is -0.417. The van der Waals surface area contributed by atoms with Crippen LogP contribution in [-0.2, 0) is 13.5 Å². The Kier molecular flexibility index (Phi) is 3.41. The zero-order valence-corrected chi connectivity index (χ0v) is 15.5. The first-order valence-corrected chi connectivity index (χ1v) is 9.64. The Balaban J connectivity index is 1.70. The fraction of sp³-hybridized carbons (Fsp3) is 0.333. The Morgan fingerprint density at radius 2 is 1.96 bits per heavy atom. The zero-order valence-electron chi connectivity index (χ0n) is 16.5. The molecular weight excluding hydrogens is 316 g/mol. The minimum Gasteiger partial charge on any atom is -0.260 e. The second-order valence-electron chi connectivity index (χ2n) is 7.68. The normalized spacial score (nSPS) is 17.7. The van der Waals surface area contributed by atoms with E-state index in [2.05, 4.69) is 60.1 Å². The van der Waals surface area contributed by atoms with Crippen LogP contribution in [0.15, 0.2) is 48.8 Å². The van der Waals surface area contributed by atoms with Crippen LogP contribution >= 0.6 is 0 Å². The molecule has 0 spiro atoms. The first-order valence-electron chi connectivity index (χ1n) is 10.1. The summed E-state index contributed by atoms with van der Waals surface area (Å²) in [4.78, 5) is 4.62. The number of aromatic nitrogens is 2. The summed E-state index contributed by atoms with van der Waals surface area (Å²) >= 11 is 0. The van der Waals surface area contributed by atoms with Gasteiger partial charge in [-0.3, -0.25) is 4.98 Å². The number of pyridine rings is 2. The zero-order chi connectivity index (χ0) is 18.6. The van der Waals surface area contributed by atoms with Gasteiger partial charge in [0.05, 0.1) is 11.3 Å². The quantitative estimate of drug-likeness (QED) is 0.463. The lowest BCUT2D eigenvalue weighted by atomic mass is 9.91. The number of aryl methyl sites for hydroxylation is 2. The number of fused-ring (bicyclic) bond motifs is 3. The van der Waals surface area contributed by atoms with Crippen LogP contribution in [0.4, 0.5) is 0 Å². The lowest BCUT2D eigenvalue weighted by Gasteiger charge is -2.14. The summed E-state index contributed by atoms with van der Waals surface area (Å²) in [5.74, 6) is -0.417. The second kappa shape index (κ2) is 6.05. The summed E-state index contributed by atoms with van der Waals surface area (Å²) in [5, 5.41) is 0. The van der Waals surface area contributed by atoms with Gasteiger partial charge in [0.25, 0.3) is 0 Å². The van der Waals surface area contributed by atoms with Crippen molar-refractivity contribution in [3.63, 3.8) is 0 Å². The molecular formula is C24H25N2+. The highest BCUT2D eigenvalue weighted by molar-refractivity contribution is 5.84. The van der Waals surface area contributed by atoms with Crippen LogP contribution in [0.25, 0.3) is 22.4 Å². The van der Waals surface area contributed by atoms with Gasteiger partial charge in [0.1, 0.15) is 7.05 Å². The van der Waals surface area contributed by atoms with E-state index in [-0.39, 0.29) is 0 Å². The van der Waals surface area contributed by atoms with Crippen molar-refractivity contribution in [1.29, 1.82) is 0 Å². The molecule has 0 N–H and O–H groups in total. The molecule has 0 unspecified atom stereocenters. The van der Waals surface area contributed by atoms with E-state index < -0.39 is 5.89 Å². The molecule has 2 nitrogen and oxygen atoms in total. The van der Waals surface area contributed by atoms with E-state index in [0.717, 1.165) is 19.3 Å². The molecule has 3 aromatic rings. The molecule has 1 fully saturated rings. The van der Waals surface area contributed by atoms with Gasteiger partial charge < -0.3 is 0 Å². The van der Waals surface area contributed by atoms with Crippen molar-refractivity contribution in [2.75, 3.05) is 0 Å². The van der Waals surface area contributed by atoms with Gasteiger partial charge in [0, 0.05) is 31.7 Å². The molecule has 2 aliphatic rings. The Morgan fingerprint density at radius 1 is 1.12 bits per heavy atom. The third-order valence-electron chi connectivity index (χ3n) is 6.07. The van der Waals surface area contributed by atoms with Crippen molar-refractivity contribution in [2.45, 2.75) is 44.9 Å². The highest BCUT2D eigenvalue weighted by atomic mass is 14.9. The second-order valence-corrected chi connectivity index (χ2v) is 7.68. The summed E-state index contributed by atoms with van der Waals surface area (Å²) in [7, 11) is 2.11. The summed E-state index contributed by atoms with van der Waals surface area (Å²) in [6.45, 7) is 2.20. The van der Waals surface area contributed by atoms with Gasteiger partial charge in [0.2, 0.25) is 5.69 Å². The number of benzene rings is 1. The number of rotatable bonds is 2. The van der Waals surface area contributed by atoms with Gasteiger partial charge in [-0.05, 0) is 54.0 Å². The topological polar surface area (TPSA) is 16.8 Å². The number of nitrogens with zero attached hydrogens (tertiary/aromatic N) is 2. The monoisotopic (exact) mass is 342 g/mol. The molecule has 2 heteroatoms. The van der Waals surface area contributed by atoms with E-state index >= 15 is 0 Å². The molecule has 2 heterocycles. The van der Waals surface area contributed by atoms with Crippen LogP contribution in [0.2, 0.25) is 0 Å². The van der Waals surface area contributed by atoms with Crippen LogP contribution in [-0.4, -0.2) is 4.98 Å². The van der Waals surface area contributed by atoms with Gasteiger partial charge in [-0.25, -0.2) is 4.57 Å². The molecule has 130 valence electrons. The maximum atomic E-state index is 8.94. The summed E-state index contributed by atoms with van der Waals surface area (Å²) in [5.41, 5.74) is 10.1. The Bertz CT molecular complexity index is 1050. The van der Waals surface area contributed by atoms with Gasteiger partial charge in [-0.15, -0.1) is 0 Å². The number of hydrogen-bond donors (Lipinski definition) is 0. The molecule has 0 amide bonds. The summed E-state index contributed by atoms with van der Waals surface area (Å²) < 4.78 is 11.2. The molecule has 26 heavy (non-hydrogen) atoms. The maximum absolute atomic E-state index is 8.94. The Hall–Kier alpha value is -2.48. The van der Waals surface area contributed by atoms with Crippen LogP contribution in [0.3, 0.4) is 0 Å². The van der Waals surface area contributed by atoms with Crippen LogP contribution in [0, 0.1) is 6.92 Å². The van der Waals surface area contributed by atoms with Crippen molar-refractivity contribution in [2.24, 2.45) is 7.05 Å². The van der Waals surface area contributed by atoms with Gasteiger partial charge in [0.15, 0.2) is 6.20 Å². The third-order valence-corrected chi connectivity index (χ3v) is 6.07. The molecule has 1 saturated carbocycles. The van der Waals surface area contributed by atoms with E-state index in [9.17, 15) is 0 Å². The Morgan fingerprint density at radius 3 is 2.81 bits per heavy atom. The largest absolute Gasteiger partial charge is 0.260 e. The van der Waals surface area contributed by atoms with Crippen molar-refractivity contribution in [3.05, 3.63) is 71.2 Å². The summed E-state index contributed by atoms with van der Waals surface area (Å²) in [6.07, 6.45) is 9.20. The van der Waals surface area contributed by atoms with Gasteiger partial charge in [-0.2, -0.15) is 0 Å². The highest BCUT2D eigenvalue weighted by Gasteiger charge is 2.28. The summed E-state index contributed by atoms with van der Waals surface area (Å²) in [6, 6.07) is 13.1. The van der Waals surface area contributed by atoms with E-state index in [4.69, 9.17) is 1.37 Å². The number of hydrogen-bond acceptors (Lipinski definition) is 1. The van der Waals surface area contributed by atoms with Crippen molar-refractivity contribution >= 4 is 0 Å². The first-order chi connectivity index (χ1) is 13.1. The lowest BCUT2D eigenvalue weighted by Crippen LogP contribution is -2.31. The molecule has 2 aliphatic carbocycles. The predicted octanol–water partition coefficient (Wildman–Crippen LogP) is 5.11. The maximum Gasteiger partial charge on any atom is 0.213 e. The molecule has 2 aromatic heterocycles. The standard InChI is InChI=1S/C24H25N2/c1-16-9-10-19-20-8-5-12-25-22(20)15-21(19)24(16)23-14-18(11-13-26(23)2)17-6-3-4-7-17/h5,8-14,17H,3-4,6-7,15H2,1-2H3/q+1/i17D. The van der Waals surface area contributed by atoms with Crippen molar-refractivity contribution < 1.29 is 5.94 Å². The van der Waals surface area contributed by atoms with Crippen LogP contribution < -0.4 is 4.57 Å². The molecule has 0 radical (unpaired) electrons. The fourth-order valence-electron chi connectivity index (χ4n) is 4.68. The molecule has 0 bridgehead atoms. The van der Waals surface area contributed by atoms with Crippen LogP contribution in [0.1, 0.15) is 55.3 Å². The van der Waals surface area contributed by atoms with Gasteiger partial charge >= 0.3 is 0 Å². The Labute approximate surface area is 157 Å². The lowest BCUT2D eigenvalue weighted by molar-refractivity contribution is -0.660. The average molecular weight is 342 g/mol. The van der Waals surface area contributed by atoms with Crippen LogP contribution in [0.5, 0.6) is 0 Å². The molecule has 0 aliphatic heterocycles. The minimum absolute atomic E-state index is 0.417. The third kappa shape index (κ3) is 2.39. The van der Waals surface area contributed by atoms with E-state index in [1.807, 2.05) is 12.3 Å². The van der Waals surface area contributed by atoms with Crippen molar-refractivity contribution in [1.82, 2.24) is 4.98 Å². The van der Waals surface area contributed by atoms with Gasteiger partial charge in [-0.1, -0.05) is 31.0 Å². The van der Waals surface area contributed by atoms with Crippen molar-refractivity contribution in [3.8, 4) is 22.4 Å². The smallest absolute Gasteiger partial charge is 0.213 e. The van der Waals surface area contributed by atoms with E-state index in [0.29, 0.717) is 0 Å². The fourth-order valence-corrected chi connectivity index (χ4v) is 4.68. The van der Waals surface area contributed by atoms with E-state index in [1.165, 1.54) is 57.6 Å². The molecule has 0 atom stereocenters. The highest BCUT2D eigenvalue weighted by Crippen LogP contribution is 2.42. The first kappa shape index (κ1) is 14.7. The molecule has 0 saturated heterocycles. The predicted molar refractivity (Wildman–Crippen MR) is 105 cm³/mol. The SMILES string of the molecule is [2H]C1(c2cc[n+](C)c(-c3c(C)ccc4c3Cc3ncccc3-4)c2)CCCC1.